The molecule has 1 atom stereocenters. The van der Waals surface area contributed by atoms with Crippen LogP contribution in [0.25, 0.3) is 0 Å². The standard InChI is InChI=1S/C10H20/c1-3-5-6-9(4-2)10-7-8-10/h9-10H,3-8H2,1-2H3/t9-/m0/s1. The smallest absolute Gasteiger partial charge is 0.0386 e. The zero-order valence-electron chi connectivity index (χ0n) is 7.40. The Kier molecular flexibility index (Phi) is 3.24. The van der Waals surface area contributed by atoms with Gasteiger partial charge in [0, 0.05) is 0 Å². The Morgan fingerprint density at radius 2 is 2.00 bits per heavy atom. The SMILES string of the molecule is CCCC[C@H](CC)C1CC1. The van der Waals surface area contributed by atoms with Crippen LogP contribution < -0.4 is 0 Å². The van der Waals surface area contributed by atoms with Crippen molar-refractivity contribution in [3.63, 3.8) is 0 Å². The summed E-state index contributed by atoms with van der Waals surface area (Å²) in [6.45, 7) is 4.64. The van der Waals surface area contributed by atoms with Crippen LogP contribution in [0.2, 0.25) is 0 Å². The number of hydrogen-bond acceptors (Lipinski definition) is 0. The molecule has 1 fully saturated rings. The van der Waals surface area contributed by atoms with Gasteiger partial charge in [-0.1, -0.05) is 39.5 Å². The van der Waals surface area contributed by atoms with Crippen molar-refractivity contribution in [2.24, 2.45) is 11.8 Å². The zero-order valence-corrected chi connectivity index (χ0v) is 7.40. The lowest BCUT2D eigenvalue weighted by molar-refractivity contribution is 0.401. The second-order valence-corrected chi connectivity index (χ2v) is 3.65. The van der Waals surface area contributed by atoms with Crippen molar-refractivity contribution in [2.45, 2.75) is 52.4 Å². The van der Waals surface area contributed by atoms with Gasteiger partial charge in [-0.25, -0.2) is 0 Å². The lowest BCUT2D eigenvalue weighted by atomic mass is 9.94. The molecule has 60 valence electrons. The van der Waals surface area contributed by atoms with Gasteiger partial charge < -0.3 is 0 Å². The molecule has 1 aliphatic carbocycles. The van der Waals surface area contributed by atoms with Gasteiger partial charge in [-0.2, -0.15) is 0 Å². The molecule has 0 nitrogen and oxygen atoms in total. The monoisotopic (exact) mass is 140 g/mol. The average Bonchev–Trinajstić information content (AvgIpc) is 2.73. The van der Waals surface area contributed by atoms with E-state index < -0.39 is 0 Å². The highest BCUT2D eigenvalue weighted by Gasteiger charge is 2.28. The maximum absolute atomic E-state index is 2.35. The third-order valence-corrected chi connectivity index (χ3v) is 2.74. The van der Waals surface area contributed by atoms with Crippen molar-refractivity contribution in [1.82, 2.24) is 0 Å². The first-order valence-electron chi connectivity index (χ1n) is 4.88. The van der Waals surface area contributed by atoms with Gasteiger partial charge in [0.15, 0.2) is 0 Å². The first-order valence-corrected chi connectivity index (χ1v) is 4.88. The van der Waals surface area contributed by atoms with Gasteiger partial charge in [0.2, 0.25) is 0 Å². The van der Waals surface area contributed by atoms with Crippen molar-refractivity contribution in [3.8, 4) is 0 Å². The Hall–Kier alpha value is 0. The Balaban J connectivity index is 2.07. The summed E-state index contributed by atoms with van der Waals surface area (Å²) in [5, 5.41) is 0. The summed E-state index contributed by atoms with van der Waals surface area (Å²) < 4.78 is 0. The van der Waals surface area contributed by atoms with Gasteiger partial charge >= 0.3 is 0 Å². The first kappa shape index (κ1) is 8.10. The summed E-state index contributed by atoms with van der Waals surface area (Å²) in [6.07, 6.45) is 8.81. The highest BCUT2D eigenvalue weighted by atomic mass is 14.3. The fraction of sp³-hybridized carbons (Fsp3) is 1.00. The van der Waals surface area contributed by atoms with Gasteiger partial charge in [0.25, 0.3) is 0 Å². The minimum atomic E-state index is 1.08. The van der Waals surface area contributed by atoms with Crippen LogP contribution in [0.5, 0.6) is 0 Å². The van der Waals surface area contributed by atoms with Crippen molar-refractivity contribution < 1.29 is 0 Å². The van der Waals surface area contributed by atoms with Gasteiger partial charge in [-0.15, -0.1) is 0 Å². The first-order chi connectivity index (χ1) is 4.88. The van der Waals surface area contributed by atoms with Crippen molar-refractivity contribution in [3.05, 3.63) is 0 Å². The van der Waals surface area contributed by atoms with Crippen molar-refractivity contribution in [2.75, 3.05) is 0 Å². The molecule has 0 unspecified atom stereocenters. The van der Waals surface area contributed by atoms with Gasteiger partial charge in [-0.05, 0) is 24.7 Å². The third kappa shape index (κ3) is 2.32. The largest absolute Gasteiger partial charge is 0.0654 e. The van der Waals surface area contributed by atoms with Gasteiger partial charge in [-0.3, -0.25) is 0 Å². The quantitative estimate of drug-likeness (QED) is 0.547. The molecule has 0 N–H and O–H groups in total. The molecule has 1 saturated carbocycles. The molecule has 0 aromatic carbocycles. The summed E-state index contributed by atoms with van der Waals surface area (Å²) in [5.74, 6) is 2.22. The molecule has 0 amide bonds. The van der Waals surface area contributed by atoms with E-state index in [0.717, 1.165) is 11.8 Å². The average molecular weight is 140 g/mol. The second kappa shape index (κ2) is 4.00. The minimum absolute atomic E-state index is 1.08. The number of unbranched alkanes of at least 4 members (excludes halogenated alkanes) is 1. The molecule has 1 rings (SSSR count). The molecule has 0 radical (unpaired) electrons. The Morgan fingerprint density at radius 1 is 1.30 bits per heavy atom. The van der Waals surface area contributed by atoms with Crippen LogP contribution in [0.3, 0.4) is 0 Å². The predicted octanol–water partition coefficient (Wildman–Crippen LogP) is 3.61. The Labute approximate surface area is 65.0 Å². The van der Waals surface area contributed by atoms with Crippen molar-refractivity contribution >= 4 is 0 Å². The van der Waals surface area contributed by atoms with Crippen LogP contribution in [0.1, 0.15) is 52.4 Å². The molecule has 0 heteroatoms. The maximum atomic E-state index is 2.35. The van der Waals surface area contributed by atoms with Gasteiger partial charge in [0.1, 0.15) is 0 Å². The fourth-order valence-electron chi connectivity index (χ4n) is 1.81. The van der Waals surface area contributed by atoms with Crippen LogP contribution in [-0.2, 0) is 0 Å². The molecular weight excluding hydrogens is 120 g/mol. The van der Waals surface area contributed by atoms with Gasteiger partial charge in [0.05, 0.1) is 0 Å². The Bertz CT molecular complexity index is 82.0. The van der Waals surface area contributed by atoms with E-state index in [1.165, 1.54) is 38.5 Å². The van der Waals surface area contributed by atoms with E-state index in [2.05, 4.69) is 13.8 Å². The molecule has 0 saturated heterocycles. The van der Waals surface area contributed by atoms with Crippen LogP contribution in [-0.4, -0.2) is 0 Å². The molecular formula is C10H20. The summed E-state index contributed by atoms with van der Waals surface area (Å²) in [6, 6.07) is 0. The molecule has 10 heavy (non-hydrogen) atoms. The molecule has 0 aliphatic heterocycles. The summed E-state index contributed by atoms with van der Waals surface area (Å²) >= 11 is 0. The molecule has 0 spiro atoms. The minimum Gasteiger partial charge on any atom is -0.0654 e. The fourth-order valence-corrected chi connectivity index (χ4v) is 1.81. The molecule has 0 aromatic rings. The zero-order chi connectivity index (χ0) is 7.40. The van der Waals surface area contributed by atoms with Crippen molar-refractivity contribution in [1.29, 1.82) is 0 Å². The lowest BCUT2D eigenvalue weighted by Gasteiger charge is -2.11. The van der Waals surface area contributed by atoms with E-state index in [9.17, 15) is 0 Å². The van der Waals surface area contributed by atoms with E-state index >= 15 is 0 Å². The van der Waals surface area contributed by atoms with Crippen LogP contribution in [0.4, 0.5) is 0 Å². The number of rotatable bonds is 5. The highest BCUT2D eigenvalue weighted by molar-refractivity contribution is 4.80. The van der Waals surface area contributed by atoms with Crippen LogP contribution >= 0.6 is 0 Å². The summed E-state index contributed by atoms with van der Waals surface area (Å²) in [7, 11) is 0. The third-order valence-electron chi connectivity index (χ3n) is 2.74. The number of hydrogen-bond donors (Lipinski definition) is 0. The topological polar surface area (TPSA) is 0 Å². The lowest BCUT2D eigenvalue weighted by Crippen LogP contribution is -2.00. The summed E-state index contributed by atoms with van der Waals surface area (Å²) in [4.78, 5) is 0. The highest BCUT2D eigenvalue weighted by Crippen LogP contribution is 2.40. The molecule has 0 bridgehead atoms. The summed E-state index contributed by atoms with van der Waals surface area (Å²) in [5.41, 5.74) is 0. The normalized spacial score (nSPS) is 21.0. The van der Waals surface area contributed by atoms with E-state index in [4.69, 9.17) is 0 Å². The molecule has 0 aromatic heterocycles. The maximum Gasteiger partial charge on any atom is -0.0386 e. The van der Waals surface area contributed by atoms with Crippen LogP contribution in [0, 0.1) is 11.8 Å². The molecule has 1 aliphatic rings. The molecule has 0 heterocycles. The van der Waals surface area contributed by atoms with Crippen LogP contribution in [0.15, 0.2) is 0 Å². The second-order valence-electron chi connectivity index (χ2n) is 3.65. The van der Waals surface area contributed by atoms with E-state index in [0.29, 0.717) is 0 Å². The Morgan fingerprint density at radius 3 is 2.40 bits per heavy atom. The van der Waals surface area contributed by atoms with E-state index in [-0.39, 0.29) is 0 Å². The predicted molar refractivity (Wildman–Crippen MR) is 46.0 cm³/mol. The van der Waals surface area contributed by atoms with E-state index in [1.54, 1.807) is 0 Å². The van der Waals surface area contributed by atoms with E-state index in [1.807, 2.05) is 0 Å².